The van der Waals surface area contributed by atoms with E-state index < -0.39 is 5.91 Å². The Morgan fingerprint density at radius 2 is 2.00 bits per heavy atom. The fraction of sp³-hybridized carbons (Fsp3) is 0.235. The molecule has 0 aliphatic heterocycles. The lowest BCUT2D eigenvalue weighted by Crippen LogP contribution is -2.19. The number of aryl methyl sites for hydroxylation is 2. The van der Waals surface area contributed by atoms with Crippen LogP contribution in [0, 0.1) is 13.8 Å². The van der Waals surface area contributed by atoms with Gasteiger partial charge in [0.15, 0.2) is 5.65 Å². The number of hydrogen-bond donors (Lipinski definition) is 2. The van der Waals surface area contributed by atoms with Crippen LogP contribution in [0.25, 0.3) is 16.9 Å². The number of hydroxylamine groups is 1. The summed E-state index contributed by atoms with van der Waals surface area (Å²) < 4.78 is 1.78. The van der Waals surface area contributed by atoms with Crippen molar-refractivity contribution >= 4 is 23.2 Å². The van der Waals surface area contributed by atoms with E-state index in [-0.39, 0.29) is 6.42 Å². The normalized spacial score (nSPS) is 11.0. The summed E-state index contributed by atoms with van der Waals surface area (Å²) in [6, 6.07) is 9.40. The Bertz CT molecular complexity index is 903. The number of hydrogen-bond acceptors (Lipinski definition) is 4. The molecule has 0 bridgehead atoms. The highest BCUT2D eigenvalue weighted by molar-refractivity contribution is 6.30. The molecule has 0 atom stereocenters. The summed E-state index contributed by atoms with van der Waals surface area (Å²) in [5, 5.41) is 13.9. The molecular weight excluding hydrogens is 328 g/mol. The van der Waals surface area contributed by atoms with Crippen LogP contribution in [0.4, 0.5) is 0 Å². The summed E-state index contributed by atoms with van der Waals surface area (Å²) in [4.78, 5) is 15.9. The van der Waals surface area contributed by atoms with Crippen LogP contribution < -0.4 is 5.48 Å². The minimum Gasteiger partial charge on any atom is -0.289 e. The molecule has 2 aromatic heterocycles. The lowest BCUT2D eigenvalue weighted by atomic mass is 10.1. The van der Waals surface area contributed by atoms with E-state index in [0.717, 1.165) is 33.9 Å². The van der Waals surface area contributed by atoms with E-state index in [0.29, 0.717) is 11.4 Å². The summed E-state index contributed by atoms with van der Waals surface area (Å²) in [5.74, 6) is -0.420. The van der Waals surface area contributed by atoms with Crippen molar-refractivity contribution in [1.82, 2.24) is 20.1 Å². The Kier molecular flexibility index (Phi) is 4.51. The molecule has 6 nitrogen and oxygen atoms in total. The van der Waals surface area contributed by atoms with Gasteiger partial charge in [0, 0.05) is 34.5 Å². The van der Waals surface area contributed by atoms with Crippen molar-refractivity contribution in [2.24, 2.45) is 0 Å². The Hall–Kier alpha value is -2.44. The molecule has 0 fully saturated rings. The maximum absolute atomic E-state index is 11.3. The van der Waals surface area contributed by atoms with Crippen molar-refractivity contribution in [1.29, 1.82) is 0 Å². The zero-order chi connectivity index (χ0) is 17.3. The van der Waals surface area contributed by atoms with Crippen molar-refractivity contribution in [3.05, 3.63) is 52.3 Å². The van der Waals surface area contributed by atoms with Gasteiger partial charge >= 0.3 is 0 Å². The quantitative estimate of drug-likeness (QED) is 0.563. The summed E-state index contributed by atoms with van der Waals surface area (Å²) in [6.07, 6.45) is 0.680. The second kappa shape index (κ2) is 6.59. The first-order valence-electron chi connectivity index (χ1n) is 7.54. The van der Waals surface area contributed by atoms with Gasteiger partial charge in [-0.3, -0.25) is 10.0 Å². The molecule has 0 spiro atoms. The Morgan fingerprint density at radius 1 is 1.29 bits per heavy atom. The molecule has 0 radical (unpaired) electrons. The predicted molar refractivity (Wildman–Crippen MR) is 91.2 cm³/mol. The zero-order valence-corrected chi connectivity index (χ0v) is 14.1. The fourth-order valence-corrected chi connectivity index (χ4v) is 2.87. The second-order valence-electron chi connectivity index (χ2n) is 5.60. The van der Waals surface area contributed by atoms with E-state index in [1.54, 1.807) is 10.00 Å². The molecule has 0 aliphatic rings. The summed E-state index contributed by atoms with van der Waals surface area (Å²) in [6.45, 7) is 3.86. The third-order valence-corrected chi connectivity index (χ3v) is 4.28. The highest BCUT2D eigenvalue weighted by Gasteiger charge is 2.14. The van der Waals surface area contributed by atoms with Gasteiger partial charge in [-0.25, -0.2) is 15.0 Å². The third kappa shape index (κ3) is 3.11. The SMILES string of the molecule is Cc1nc2cc(-c3ccc(Cl)cc3)nn2c(C)c1CCC(=O)NO. The van der Waals surface area contributed by atoms with Crippen LogP contribution in [0.2, 0.25) is 5.02 Å². The van der Waals surface area contributed by atoms with Crippen molar-refractivity contribution in [3.8, 4) is 11.3 Å². The standard InChI is InChI=1S/C17H17ClN4O2/c1-10-14(7-8-17(23)21-24)11(2)22-16(19-10)9-15(20-22)12-3-5-13(18)6-4-12/h3-6,9,24H,7-8H2,1-2H3,(H,21,23). The molecule has 3 aromatic rings. The largest absolute Gasteiger partial charge is 0.289 e. The Morgan fingerprint density at radius 3 is 2.67 bits per heavy atom. The van der Waals surface area contributed by atoms with E-state index in [2.05, 4.69) is 10.1 Å². The lowest BCUT2D eigenvalue weighted by Gasteiger charge is -2.10. The van der Waals surface area contributed by atoms with Crippen molar-refractivity contribution in [2.75, 3.05) is 0 Å². The van der Waals surface area contributed by atoms with Crippen LogP contribution in [0.3, 0.4) is 0 Å². The Labute approximate surface area is 144 Å². The highest BCUT2D eigenvalue weighted by Crippen LogP contribution is 2.23. The zero-order valence-electron chi connectivity index (χ0n) is 13.4. The van der Waals surface area contributed by atoms with E-state index in [1.807, 2.05) is 44.2 Å². The lowest BCUT2D eigenvalue weighted by molar-refractivity contribution is -0.129. The first kappa shape index (κ1) is 16.4. The minimum atomic E-state index is -0.420. The van der Waals surface area contributed by atoms with Gasteiger partial charge in [-0.2, -0.15) is 5.10 Å². The number of nitrogens with zero attached hydrogens (tertiary/aromatic N) is 3. The summed E-state index contributed by atoms with van der Waals surface area (Å²) in [5.41, 5.74) is 6.92. The van der Waals surface area contributed by atoms with Crippen LogP contribution in [-0.4, -0.2) is 25.7 Å². The molecule has 0 aliphatic carbocycles. The number of carbonyl (C=O) groups excluding carboxylic acids is 1. The minimum absolute atomic E-state index is 0.191. The molecule has 2 heterocycles. The van der Waals surface area contributed by atoms with Gasteiger partial charge in [-0.1, -0.05) is 23.7 Å². The molecule has 3 rings (SSSR count). The number of rotatable bonds is 4. The molecule has 7 heteroatoms. The first-order chi connectivity index (χ1) is 11.5. The van der Waals surface area contributed by atoms with Crippen molar-refractivity contribution in [3.63, 3.8) is 0 Å². The maximum Gasteiger partial charge on any atom is 0.243 e. The summed E-state index contributed by atoms with van der Waals surface area (Å²) >= 11 is 5.93. The number of halogens is 1. The van der Waals surface area contributed by atoms with Gasteiger partial charge in [0.25, 0.3) is 0 Å². The second-order valence-corrected chi connectivity index (χ2v) is 6.04. The van der Waals surface area contributed by atoms with E-state index in [1.165, 1.54) is 0 Å². The number of nitrogens with one attached hydrogen (secondary N) is 1. The van der Waals surface area contributed by atoms with Crippen molar-refractivity contribution < 1.29 is 10.0 Å². The predicted octanol–water partition coefficient (Wildman–Crippen LogP) is 3.10. The van der Waals surface area contributed by atoms with Crippen LogP contribution in [0.5, 0.6) is 0 Å². The van der Waals surface area contributed by atoms with Crippen molar-refractivity contribution in [2.45, 2.75) is 26.7 Å². The van der Waals surface area contributed by atoms with Crippen LogP contribution >= 0.6 is 11.6 Å². The van der Waals surface area contributed by atoms with E-state index in [9.17, 15) is 4.79 Å². The van der Waals surface area contributed by atoms with Gasteiger partial charge in [0.05, 0.1) is 5.69 Å². The molecule has 2 N–H and O–H groups in total. The van der Waals surface area contributed by atoms with Gasteiger partial charge < -0.3 is 0 Å². The third-order valence-electron chi connectivity index (χ3n) is 4.03. The number of carbonyl (C=O) groups is 1. The highest BCUT2D eigenvalue weighted by atomic mass is 35.5. The number of aromatic nitrogens is 3. The molecule has 1 aromatic carbocycles. The van der Waals surface area contributed by atoms with E-state index >= 15 is 0 Å². The average molecular weight is 345 g/mol. The average Bonchev–Trinajstić information content (AvgIpc) is 2.99. The maximum atomic E-state index is 11.3. The smallest absolute Gasteiger partial charge is 0.243 e. The molecule has 124 valence electrons. The molecule has 0 saturated heterocycles. The topological polar surface area (TPSA) is 79.5 Å². The molecule has 1 amide bonds. The molecule has 0 unspecified atom stereocenters. The monoisotopic (exact) mass is 344 g/mol. The number of fused-ring (bicyclic) bond motifs is 1. The number of amides is 1. The van der Waals surface area contributed by atoms with Crippen LogP contribution in [0.1, 0.15) is 23.4 Å². The van der Waals surface area contributed by atoms with Crippen LogP contribution in [-0.2, 0) is 11.2 Å². The van der Waals surface area contributed by atoms with E-state index in [4.69, 9.17) is 16.8 Å². The summed E-state index contributed by atoms with van der Waals surface area (Å²) in [7, 11) is 0. The van der Waals surface area contributed by atoms with Crippen LogP contribution in [0.15, 0.2) is 30.3 Å². The first-order valence-corrected chi connectivity index (χ1v) is 7.92. The molecular formula is C17H17ClN4O2. The molecule has 0 saturated carbocycles. The fourth-order valence-electron chi connectivity index (χ4n) is 2.74. The Balaban J connectivity index is 2.02. The number of benzene rings is 1. The van der Waals surface area contributed by atoms with Gasteiger partial charge in [0.2, 0.25) is 5.91 Å². The van der Waals surface area contributed by atoms with Gasteiger partial charge in [0.1, 0.15) is 0 Å². The van der Waals surface area contributed by atoms with Gasteiger partial charge in [-0.05, 0) is 38.0 Å². The molecule has 24 heavy (non-hydrogen) atoms. The van der Waals surface area contributed by atoms with Gasteiger partial charge in [-0.15, -0.1) is 0 Å².